The molecule has 0 saturated carbocycles. The molecule has 0 saturated heterocycles. The molecule has 4 rings (SSSR count). The van der Waals surface area contributed by atoms with Crippen LogP contribution in [0.25, 0.3) is 22.3 Å². The number of benzene rings is 4. The summed E-state index contributed by atoms with van der Waals surface area (Å²) in [5, 5.41) is 8.28. The third kappa shape index (κ3) is 6.29. The molecule has 0 fully saturated rings. The largest absolute Gasteiger partial charge is 0.508 e. The average Bonchev–Trinajstić information content (AvgIpc) is 2.81. The predicted octanol–water partition coefficient (Wildman–Crippen LogP) is 7.17. The van der Waals surface area contributed by atoms with Crippen LogP contribution in [-0.4, -0.2) is 15.6 Å². The molecule has 0 bridgehead atoms. The van der Waals surface area contributed by atoms with E-state index in [-0.39, 0.29) is 5.75 Å². The van der Waals surface area contributed by atoms with Crippen LogP contribution in [-0.2, 0) is 0 Å². The third-order valence-electron chi connectivity index (χ3n) is 4.53. The molecule has 0 heterocycles. The maximum absolute atomic E-state index is 10.9. The van der Waals surface area contributed by atoms with Crippen molar-refractivity contribution in [3.8, 4) is 28.0 Å². The molecule has 5 heteroatoms. The summed E-state index contributed by atoms with van der Waals surface area (Å²) in [6, 6.07) is 31.1. The van der Waals surface area contributed by atoms with Crippen LogP contribution in [0.5, 0.6) is 5.75 Å². The zero-order valence-electron chi connectivity index (χ0n) is 16.3. The first-order chi connectivity index (χ1) is 14.9. The van der Waals surface area contributed by atoms with E-state index in [2.05, 4.69) is 0 Å². The monoisotopic (exact) mass is 448 g/mol. The Labute approximate surface area is 190 Å². The summed E-state index contributed by atoms with van der Waals surface area (Å²) in [6.45, 7) is 0. The molecular formula is C26H18Cl2O3. The van der Waals surface area contributed by atoms with Crippen molar-refractivity contribution >= 4 is 33.7 Å². The first kappa shape index (κ1) is 22.3. The summed E-state index contributed by atoms with van der Waals surface area (Å²) in [4.78, 5) is 21.7. The van der Waals surface area contributed by atoms with Gasteiger partial charge in [-0.25, -0.2) is 0 Å². The molecule has 0 aromatic heterocycles. The number of rotatable bonds is 4. The molecule has 0 aliphatic rings. The highest BCUT2D eigenvalue weighted by molar-refractivity contribution is 6.68. The van der Waals surface area contributed by atoms with Crippen LogP contribution in [0, 0.1) is 0 Å². The molecule has 154 valence electrons. The Balaban J connectivity index is 0.000000176. The zero-order chi connectivity index (χ0) is 22.2. The Kier molecular flexibility index (Phi) is 7.60. The van der Waals surface area contributed by atoms with E-state index in [1.54, 1.807) is 36.4 Å². The Bertz CT molecular complexity index is 1150. The minimum atomic E-state index is -0.461. The second-order valence-electron chi connectivity index (χ2n) is 6.62. The van der Waals surface area contributed by atoms with Gasteiger partial charge in [0.2, 0.25) is 0 Å². The number of halogens is 2. The van der Waals surface area contributed by atoms with Gasteiger partial charge in [-0.3, -0.25) is 9.59 Å². The van der Waals surface area contributed by atoms with Crippen LogP contribution >= 0.6 is 23.2 Å². The molecule has 0 amide bonds. The van der Waals surface area contributed by atoms with E-state index in [4.69, 9.17) is 28.3 Å². The maximum atomic E-state index is 10.9. The van der Waals surface area contributed by atoms with E-state index in [1.807, 2.05) is 66.7 Å². The molecule has 3 nitrogen and oxygen atoms in total. The van der Waals surface area contributed by atoms with E-state index < -0.39 is 10.5 Å². The van der Waals surface area contributed by atoms with Gasteiger partial charge >= 0.3 is 0 Å². The van der Waals surface area contributed by atoms with Gasteiger partial charge < -0.3 is 5.11 Å². The van der Waals surface area contributed by atoms with Gasteiger partial charge in [-0.1, -0.05) is 66.7 Å². The maximum Gasteiger partial charge on any atom is 0.252 e. The highest BCUT2D eigenvalue weighted by Gasteiger charge is 2.03. The molecule has 0 spiro atoms. The van der Waals surface area contributed by atoms with E-state index in [0.717, 1.165) is 22.3 Å². The number of hydrogen-bond donors (Lipinski definition) is 1. The lowest BCUT2D eigenvalue weighted by Crippen LogP contribution is -1.87. The highest BCUT2D eigenvalue weighted by atomic mass is 35.5. The van der Waals surface area contributed by atoms with Gasteiger partial charge in [0, 0.05) is 11.1 Å². The fraction of sp³-hybridized carbons (Fsp3) is 0. The van der Waals surface area contributed by atoms with Gasteiger partial charge in [0.25, 0.3) is 10.5 Å². The standard InChI is InChI=1S/C13H9ClO2.C13H9ClO/c14-13(16)11-3-1-9(2-4-11)10-5-7-12(15)8-6-10;14-13(15)12-8-6-11(7-9-12)10-4-2-1-3-5-10/h1-8,15H;1-9H. The Morgan fingerprint density at radius 3 is 1.16 bits per heavy atom. The minimum absolute atomic E-state index is 0.233. The minimum Gasteiger partial charge on any atom is -0.508 e. The summed E-state index contributed by atoms with van der Waals surface area (Å²) in [5.74, 6) is 0.233. The van der Waals surface area contributed by atoms with Crippen LogP contribution in [0.3, 0.4) is 0 Å². The molecule has 0 unspecified atom stereocenters. The van der Waals surface area contributed by atoms with Gasteiger partial charge in [-0.2, -0.15) is 0 Å². The quantitative estimate of drug-likeness (QED) is 0.336. The highest BCUT2D eigenvalue weighted by Crippen LogP contribution is 2.22. The normalized spacial score (nSPS) is 10.0. The van der Waals surface area contributed by atoms with Crippen molar-refractivity contribution in [1.29, 1.82) is 0 Å². The van der Waals surface area contributed by atoms with E-state index >= 15 is 0 Å². The zero-order valence-corrected chi connectivity index (χ0v) is 17.8. The molecule has 4 aromatic carbocycles. The molecule has 0 aliphatic carbocycles. The first-order valence-electron chi connectivity index (χ1n) is 9.38. The summed E-state index contributed by atoms with van der Waals surface area (Å²) < 4.78 is 0. The van der Waals surface area contributed by atoms with Crippen molar-refractivity contribution < 1.29 is 14.7 Å². The number of carbonyl (C=O) groups excluding carboxylic acids is 2. The topological polar surface area (TPSA) is 54.4 Å². The van der Waals surface area contributed by atoms with Crippen molar-refractivity contribution in [1.82, 2.24) is 0 Å². The van der Waals surface area contributed by atoms with Crippen LogP contribution < -0.4 is 0 Å². The lowest BCUT2D eigenvalue weighted by Gasteiger charge is -2.02. The van der Waals surface area contributed by atoms with Gasteiger partial charge in [-0.15, -0.1) is 0 Å². The molecular weight excluding hydrogens is 431 g/mol. The Morgan fingerprint density at radius 2 is 0.806 bits per heavy atom. The van der Waals surface area contributed by atoms with Crippen molar-refractivity contribution in [2.45, 2.75) is 0 Å². The molecule has 0 aliphatic heterocycles. The van der Waals surface area contributed by atoms with Crippen molar-refractivity contribution in [3.05, 3.63) is 114 Å². The summed E-state index contributed by atoms with van der Waals surface area (Å²) >= 11 is 10.7. The number of carbonyl (C=O) groups is 2. The first-order valence-corrected chi connectivity index (χ1v) is 10.1. The second kappa shape index (κ2) is 10.6. The SMILES string of the molecule is O=C(Cl)c1ccc(-c2ccc(O)cc2)cc1.O=C(Cl)c1ccc(-c2ccccc2)cc1. The van der Waals surface area contributed by atoms with E-state index in [0.29, 0.717) is 11.1 Å². The van der Waals surface area contributed by atoms with Crippen LogP contribution in [0.1, 0.15) is 20.7 Å². The van der Waals surface area contributed by atoms with Crippen molar-refractivity contribution in [3.63, 3.8) is 0 Å². The number of hydrogen-bond acceptors (Lipinski definition) is 3. The van der Waals surface area contributed by atoms with E-state index in [9.17, 15) is 9.59 Å². The van der Waals surface area contributed by atoms with Crippen molar-refractivity contribution in [2.75, 3.05) is 0 Å². The van der Waals surface area contributed by atoms with Gasteiger partial charge in [0.15, 0.2) is 0 Å². The fourth-order valence-electron chi connectivity index (χ4n) is 2.87. The summed E-state index contributed by atoms with van der Waals surface area (Å²) in [7, 11) is 0. The van der Waals surface area contributed by atoms with Crippen LogP contribution in [0.2, 0.25) is 0 Å². The Hall–Kier alpha value is -3.40. The lowest BCUT2D eigenvalue weighted by molar-refractivity contribution is 0.107. The molecule has 0 atom stereocenters. The lowest BCUT2D eigenvalue weighted by atomic mass is 10.0. The van der Waals surface area contributed by atoms with Gasteiger partial charge in [-0.05, 0) is 81.9 Å². The number of phenolic OH excluding ortho intramolecular Hbond substituents is 1. The molecule has 0 radical (unpaired) electrons. The molecule has 31 heavy (non-hydrogen) atoms. The summed E-state index contributed by atoms with van der Waals surface area (Å²) in [6.07, 6.45) is 0. The van der Waals surface area contributed by atoms with E-state index in [1.165, 1.54) is 0 Å². The van der Waals surface area contributed by atoms with Crippen LogP contribution in [0.15, 0.2) is 103 Å². The smallest absolute Gasteiger partial charge is 0.252 e. The predicted molar refractivity (Wildman–Crippen MR) is 126 cm³/mol. The second-order valence-corrected chi connectivity index (χ2v) is 7.30. The van der Waals surface area contributed by atoms with Crippen molar-refractivity contribution in [2.24, 2.45) is 0 Å². The van der Waals surface area contributed by atoms with Gasteiger partial charge in [0.05, 0.1) is 0 Å². The fourth-order valence-corrected chi connectivity index (χ4v) is 3.12. The third-order valence-corrected chi connectivity index (χ3v) is 4.97. The molecule has 4 aromatic rings. The average molecular weight is 449 g/mol. The Morgan fingerprint density at radius 1 is 0.484 bits per heavy atom. The number of aromatic hydroxyl groups is 1. The summed E-state index contributed by atoms with van der Waals surface area (Å²) in [5.41, 5.74) is 5.16. The van der Waals surface area contributed by atoms with Crippen LogP contribution in [0.4, 0.5) is 0 Å². The van der Waals surface area contributed by atoms with Gasteiger partial charge in [0.1, 0.15) is 5.75 Å². The molecule has 1 N–H and O–H groups in total. The number of phenols is 1.